The average molecular weight is 338 g/mol. The molecule has 0 atom stereocenters. The number of para-hydroxylation sites is 1. The van der Waals surface area contributed by atoms with Gasteiger partial charge in [-0.15, -0.1) is 0 Å². The third kappa shape index (κ3) is 3.92. The molecule has 7 heteroatoms. The fourth-order valence-corrected chi connectivity index (χ4v) is 3.12. The van der Waals surface area contributed by atoms with Gasteiger partial charge in [0.15, 0.2) is 0 Å². The maximum atomic E-state index is 12.8. The number of benzene rings is 1. The van der Waals surface area contributed by atoms with E-state index >= 15 is 0 Å². The topological polar surface area (TPSA) is 70.3 Å². The Morgan fingerprint density at radius 2 is 1.78 bits per heavy atom. The maximum absolute atomic E-state index is 12.8. The number of hydrogen-bond donors (Lipinski definition) is 0. The van der Waals surface area contributed by atoms with Crippen LogP contribution in [0, 0.1) is 0 Å². The van der Waals surface area contributed by atoms with E-state index in [0.29, 0.717) is 18.5 Å². The van der Waals surface area contributed by atoms with E-state index in [0.717, 1.165) is 17.6 Å². The van der Waals surface area contributed by atoms with Crippen LogP contribution in [0.1, 0.15) is 25.1 Å². The maximum Gasteiger partial charge on any atom is 0.274 e. The SMILES string of the molecule is CCc1c(CCOS(C)(=O)=O)c(=O)n(-c2ccccc2)n1CC. The first kappa shape index (κ1) is 17.5. The van der Waals surface area contributed by atoms with Crippen molar-refractivity contribution in [3.63, 3.8) is 0 Å². The minimum atomic E-state index is -3.50. The van der Waals surface area contributed by atoms with Crippen molar-refractivity contribution in [3.8, 4) is 5.69 Å². The van der Waals surface area contributed by atoms with Crippen molar-refractivity contribution in [2.45, 2.75) is 33.2 Å². The van der Waals surface area contributed by atoms with Gasteiger partial charge in [-0.3, -0.25) is 13.7 Å². The van der Waals surface area contributed by atoms with Gasteiger partial charge < -0.3 is 0 Å². The highest BCUT2D eigenvalue weighted by molar-refractivity contribution is 7.85. The van der Waals surface area contributed by atoms with Crippen LogP contribution in [0.5, 0.6) is 0 Å². The lowest BCUT2D eigenvalue weighted by molar-refractivity contribution is 0.325. The van der Waals surface area contributed by atoms with Gasteiger partial charge in [-0.2, -0.15) is 8.42 Å². The van der Waals surface area contributed by atoms with E-state index in [4.69, 9.17) is 4.18 Å². The second-order valence-corrected chi connectivity index (χ2v) is 6.87. The molecular weight excluding hydrogens is 316 g/mol. The van der Waals surface area contributed by atoms with Gasteiger partial charge in [-0.25, -0.2) is 4.68 Å². The molecule has 0 aliphatic rings. The molecule has 0 bridgehead atoms. The van der Waals surface area contributed by atoms with Crippen LogP contribution in [-0.2, 0) is 33.7 Å². The quantitative estimate of drug-likeness (QED) is 0.721. The lowest BCUT2D eigenvalue weighted by Crippen LogP contribution is -2.22. The zero-order chi connectivity index (χ0) is 17.0. The molecule has 0 amide bonds. The van der Waals surface area contributed by atoms with Crippen LogP contribution in [-0.4, -0.2) is 30.6 Å². The first-order valence-electron chi connectivity index (χ1n) is 7.62. The Labute approximate surface area is 136 Å². The van der Waals surface area contributed by atoms with Gasteiger partial charge in [0, 0.05) is 24.2 Å². The van der Waals surface area contributed by atoms with E-state index in [1.165, 1.54) is 0 Å². The van der Waals surface area contributed by atoms with Gasteiger partial charge in [0.25, 0.3) is 15.7 Å². The fraction of sp³-hybridized carbons (Fsp3) is 0.438. The summed E-state index contributed by atoms with van der Waals surface area (Å²) in [6.45, 7) is 4.59. The summed E-state index contributed by atoms with van der Waals surface area (Å²) in [6, 6.07) is 9.42. The van der Waals surface area contributed by atoms with E-state index in [9.17, 15) is 13.2 Å². The van der Waals surface area contributed by atoms with Gasteiger partial charge in [0.1, 0.15) is 0 Å². The predicted molar refractivity (Wildman–Crippen MR) is 89.6 cm³/mol. The number of hydrogen-bond acceptors (Lipinski definition) is 4. The summed E-state index contributed by atoms with van der Waals surface area (Å²) in [4.78, 5) is 12.8. The molecule has 0 aliphatic heterocycles. The molecule has 0 saturated heterocycles. The summed E-state index contributed by atoms with van der Waals surface area (Å²) < 4.78 is 30.6. The van der Waals surface area contributed by atoms with Crippen LogP contribution in [0.25, 0.3) is 5.69 Å². The fourth-order valence-electron chi connectivity index (χ4n) is 2.74. The highest BCUT2D eigenvalue weighted by Crippen LogP contribution is 2.14. The van der Waals surface area contributed by atoms with Gasteiger partial charge in [0.2, 0.25) is 0 Å². The third-order valence-corrected chi connectivity index (χ3v) is 4.23. The molecule has 0 fully saturated rings. The Kier molecular flexibility index (Phi) is 5.43. The number of rotatable bonds is 7. The normalized spacial score (nSPS) is 11.8. The molecule has 2 rings (SSSR count). The third-order valence-electron chi connectivity index (χ3n) is 3.64. The summed E-state index contributed by atoms with van der Waals surface area (Å²) in [5, 5.41) is 0. The monoisotopic (exact) mass is 338 g/mol. The molecule has 0 radical (unpaired) electrons. The van der Waals surface area contributed by atoms with Crippen molar-refractivity contribution in [1.29, 1.82) is 0 Å². The number of aromatic nitrogens is 2. The molecule has 6 nitrogen and oxygen atoms in total. The van der Waals surface area contributed by atoms with Crippen molar-refractivity contribution in [3.05, 3.63) is 51.9 Å². The average Bonchev–Trinajstić information content (AvgIpc) is 2.78. The zero-order valence-electron chi connectivity index (χ0n) is 13.7. The second-order valence-electron chi connectivity index (χ2n) is 5.22. The molecule has 0 N–H and O–H groups in total. The number of nitrogens with zero attached hydrogens (tertiary/aromatic N) is 2. The van der Waals surface area contributed by atoms with E-state index in [1.54, 1.807) is 4.68 Å². The summed E-state index contributed by atoms with van der Waals surface area (Å²) in [6.07, 6.45) is 1.97. The molecule has 1 aromatic carbocycles. The standard InChI is InChI=1S/C16H22N2O4S/c1-4-15-14(11-12-22-23(3,20)21)16(19)18(17(15)5-2)13-9-7-6-8-10-13/h6-10H,4-5,11-12H2,1-3H3. The Bertz CT molecular complexity index is 820. The highest BCUT2D eigenvalue weighted by atomic mass is 32.2. The van der Waals surface area contributed by atoms with Crippen molar-refractivity contribution in [1.82, 2.24) is 9.36 Å². The predicted octanol–water partition coefficient (Wildman–Crippen LogP) is 1.74. The van der Waals surface area contributed by atoms with Crippen LogP contribution >= 0.6 is 0 Å². The zero-order valence-corrected chi connectivity index (χ0v) is 14.5. The molecule has 0 spiro atoms. The molecule has 1 aromatic heterocycles. The first-order valence-corrected chi connectivity index (χ1v) is 9.44. The van der Waals surface area contributed by atoms with E-state index in [2.05, 4.69) is 0 Å². The molecule has 0 saturated carbocycles. The molecule has 2 aromatic rings. The molecule has 0 unspecified atom stereocenters. The largest absolute Gasteiger partial charge is 0.282 e. The van der Waals surface area contributed by atoms with Crippen LogP contribution in [0.15, 0.2) is 35.1 Å². The summed E-state index contributed by atoms with van der Waals surface area (Å²) in [5.74, 6) is 0. The van der Waals surface area contributed by atoms with Crippen LogP contribution < -0.4 is 5.56 Å². The molecule has 23 heavy (non-hydrogen) atoms. The molecule has 0 aliphatic carbocycles. The summed E-state index contributed by atoms with van der Waals surface area (Å²) in [5.41, 5.74) is 2.21. The lowest BCUT2D eigenvalue weighted by Gasteiger charge is -2.12. The molecule has 126 valence electrons. The van der Waals surface area contributed by atoms with Crippen LogP contribution in [0.4, 0.5) is 0 Å². The Morgan fingerprint density at radius 1 is 1.13 bits per heavy atom. The molecule has 1 heterocycles. The first-order chi connectivity index (χ1) is 10.9. The van der Waals surface area contributed by atoms with Crippen molar-refractivity contribution >= 4 is 10.1 Å². The highest BCUT2D eigenvalue weighted by Gasteiger charge is 2.19. The summed E-state index contributed by atoms with van der Waals surface area (Å²) in [7, 11) is -3.50. The minimum Gasteiger partial charge on any atom is -0.282 e. The lowest BCUT2D eigenvalue weighted by atomic mass is 10.1. The van der Waals surface area contributed by atoms with E-state index < -0.39 is 10.1 Å². The smallest absolute Gasteiger partial charge is 0.274 e. The van der Waals surface area contributed by atoms with Crippen LogP contribution in [0.2, 0.25) is 0 Å². The molecular formula is C16H22N2O4S. The second kappa shape index (κ2) is 7.14. The Balaban J connectivity index is 2.47. The van der Waals surface area contributed by atoms with Crippen molar-refractivity contribution in [2.24, 2.45) is 0 Å². The van der Waals surface area contributed by atoms with Crippen LogP contribution in [0.3, 0.4) is 0 Å². The van der Waals surface area contributed by atoms with Crippen molar-refractivity contribution in [2.75, 3.05) is 12.9 Å². The van der Waals surface area contributed by atoms with Gasteiger partial charge in [0.05, 0.1) is 18.6 Å². The van der Waals surface area contributed by atoms with Gasteiger partial charge in [-0.1, -0.05) is 25.1 Å². The van der Waals surface area contributed by atoms with Gasteiger partial charge >= 0.3 is 0 Å². The van der Waals surface area contributed by atoms with E-state index in [-0.39, 0.29) is 18.6 Å². The minimum absolute atomic E-state index is 0.0242. The van der Waals surface area contributed by atoms with E-state index in [1.807, 2.05) is 48.9 Å². The summed E-state index contributed by atoms with van der Waals surface area (Å²) >= 11 is 0. The van der Waals surface area contributed by atoms with Gasteiger partial charge in [-0.05, 0) is 25.5 Å². The van der Waals surface area contributed by atoms with Crippen molar-refractivity contribution < 1.29 is 12.6 Å². The Hall–Kier alpha value is -1.86. The Morgan fingerprint density at radius 3 is 2.30 bits per heavy atom.